The number of Topliss-reactive ketones (excluding diaryl/α,β-unsaturated/α-hetero) is 1. The van der Waals surface area contributed by atoms with Crippen molar-refractivity contribution in [1.82, 2.24) is 5.01 Å². The molecule has 2 amide bonds. The molecular weight excluding hydrogens is 512 g/mol. The minimum atomic E-state index is -1.08. The summed E-state index contributed by atoms with van der Waals surface area (Å²) in [5.41, 5.74) is 1.51. The number of halogens is 1. The van der Waals surface area contributed by atoms with Crippen molar-refractivity contribution in [3.05, 3.63) is 98.6 Å². The van der Waals surface area contributed by atoms with Gasteiger partial charge in [-0.05, 0) is 41.5 Å². The van der Waals surface area contributed by atoms with Crippen LogP contribution in [0.25, 0.3) is 0 Å². The van der Waals surface area contributed by atoms with Gasteiger partial charge in [-0.3, -0.25) is 29.5 Å². The lowest BCUT2D eigenvalue weighted by molar-refractivity contribution is -0.384. The van der Waals surface area contributed by atoms with Crippen LogP contribution in [0.5, 0.6) is 5.75 Å². The van der Waals surface area contributed by atoms with Gasteiger partial charge in [-0.1, -0.05) is 35.9 Å². The Balaban J connectivity index is 1.51. The predicted octanol–water partition coefficient (Wildman–Crippen LogP) is 4.02. The van der Waals surface area contributed by atoms with E-state index in [4.69, 9.17) is 16.3 Å². The van der Waals surface area contributed by atoms with Crippen LogP contribution in [0, 0.1) is 22.0 Å². The smallest absolute Gasteiger partial charge is 0.271 e. The fraction of sp³-hybridized carbons (Fsp3) is 0.185. The van der Waals surface area contributed by atoms with E-state index in [-0.39, 0.29) is 22.9 Å². The number of methoxy groups -OCH3 is 1. The number of nitro benzene ring substituents is 1. The van der Waals surface area contributed by atoms with Crippen molar-refractivity contribution < 1.29 is 24.0 Å². The normalized spacial score (nSPS) is 23.2. The molecule has 3 aliphatic rings. The zero-order chi connectivity index (χ0) is 26.7. The molecule has 0 spiro atoms. The molecule has 3 aromatic rings. The van der Waals surface area contributed by atoms with E-state index in [0.717, 1.165) is 22.1 Å². The van der Waals surface area contributed by atoms with Crippen molar-refractivity contribution in [3.8, 4) is 5.75 Å². The molecule has 0 N–H and O–H groups in total. The summed E-state index contributed by atoms with van der Waals surface area (Å²) in [6.07, 6.45) is 1.62. The Morgan fingerprint density at radius 2 is 1.74 bits per heavy atom. The molecule has 6 rings (SSSR count). The molecule has 11 heteroatoms. The van der Waals surface area contributed by atoms with E-state index < -0.39 is 40.7 Å². The van der Waals surface area contributed by atoms with Crippen LogP contribution in [-0.2, 0) is 9.59 Å². The van der Waals surface area contributed by atoms with Crippen molar-refractivity contribution in [2.75, 3.05) is 12.0 Å². The first-order valence-corrected chi connectivity index (χ1v) is 12.1. The summed E-state index contributed by atoms with van der Waals surface area (Å²) in [6.45, 7) is 0. The van der Waals surface area contributed by atoms with Crippen LogP contribution < -0.4 is 9.64 Å². The molecule has 0 aliphatic carbocycles. The maximum Gasteiger partial charge on any atom is 0.271 e. The van der Waals surface area contributed by atoms with Crippen molar-refractivity contribution in [3.63, 3.8) is 0 Å². The zero-order valence-electron chi connectivity index (χ0n) is 19.9. The Morgan fingerprint density at radius 1 is 1.03 bits per heavy atom. The van der Waals surface area contributed by atoms with Gasteiger partial charge in [0.15, 0.2) is 5.78 Å². The molecule has 38 heavy (non-hydrogen) atoms. The van der Waals surface area contributed by atoms with Crippen molar-refractivity contribution >= 4 is 46.8 Å². The average Bonchev–Trinajstić information content (AvgIpc) is 3.40. The summed E-state index contributed by atoms with van der Waals surface area (Å²) in [7, 11) is 1.34. The van der Waals surface area contributed by atoms with Crippen molar-refractivity contribution in [2.24, 2.45) is 16.9 Å². The minimum absolute atomic E-state index is 0.0389. The molecule has 0 bridgehead atoms. The zero-order valence-corrected chi connectivity index (χ0v) is 20.6. The first-order valence-electron chi connectivity index (χ1n) is 11.7. The molecule has 190 valence electrons. The van der Waals surface area contributed by atoms with Gasteiger partial charge in [-0.15, -0.1) is 0 Å². The predicted molar refractivity (Wildman–Crippen MR) is 137 cm³/mol. The number of ketones is 1. The van der Waals surface area contributed by atoms with Gasteiger partial charge in [0.05, 0.1) is 36.1 Å². The van der Waals surface area contributed by atoms with Crippen molar-refractivity contribution in [2.45, 2.75) is 12.1 Å². The molecule has 0 radical (unpaired) electrons. The number of benzene rings is 3. The lowest BCUT2D eigenvalue weighted by Crippen LogP contribution is -2.44. The van der Waals surface area contributed by atoms with E-state index in [9.17, 15) is 24.5 Å². The molecule has 1 unspecified atom stereocenters. The number of non-ortho nitro benzene ring substituents is 1. The quantitative estimate of drug-likeness (QED) is 0.211. The third-order valence-corrected chi connectivity index (χ3v) is 7.56. The summed E-state index contributed by atoms with van der Waals surface area (Å²) in [5, 5.41) is 18.0. The van der Waals surface area contributed by atoms with Gasteiger partial charge >= 0.3 is 0 Å². The van der Waals surface area contributed by atoms with Crippen LogP contribution in [0.4, 0.5) is 11.4 Å². The van der Waals surface area contributed by atoms with E-state index in [1.165, 1.54) is 19.2 Å². The number of hydrazone groups is 1. The SMILES string of the molecule is COc1ccc([N+](=O)[O-])cc1N1C(=O)[C@@H]2[C@H](C1=O)C1c3ccccc3C=NN1[C@@H]2C(=O)c1ccc(Cl)cc1. The maximum atomic E-state index is 14.0. The Morgan fingerprint density at radius 3 is 2.45 bits per heavy atom. The van der Waals surface area contributed by atoms with Gasteiger partial charge in [-0.2, -0.15) is 5.10 Å². The van der Waals surface area contributed by atoms with E-state index in [0.29, 0.717) is 10.6 Å². The number of nitrogens with zero attached hydrogens (tertiary/aromatic N) is 4. The number of anilines is 1. The highest BCUT2D eigenvalue weighted by Crippen LogP contribution is 2.54. The summed E-state index contributed by atoms with van der Waals surface area (Å²) >= 11 is 6.01. The summed E-state index contributed by atoms with van der Waals surface area (Å²) in [5.74, 6) is -3.52. The Kier molecular flexibility index (Phi) is 5.50. The molecule has 3 heterocycles. The summed E-state index contributed by atoms with van der Waals surface area (Å²) in [6, 6.07) is 15.6. The first-order chi connectivity index (χ1) is 18.3. The average molecular weight is 531 g/mol. The molecular formula is C27H19ClN4O6. The van der Waals surface area contributed by atoms with Gasteiger partial charge in [0.25, 0.3) is 5.69 Å². The van der Waals surface area contributed by atoms with Crippen LogP contribution in [0.15, 0.2) is 71.8 Å². The number of carbonyl (C=O) groups is 3. The number of hydrogen-bond donors (Lipinski definition) is 0. The highest BCUT2D eigenvalue weighted by Gasteiger charge is 2.65. The fourth-order valence-electron chi connectivity index (χ4n) is 5.66. The highest BCUT2D eigenvalue weighted by atomic mass is 35.5. The van der Waals surface area contributed by atoms with E-state index >= 15 is 0 Å². The lowest BCUT2D eigenvalue weighted by atomic mass is 9.83. The number of amides is 2. The second-order valence-electron chi connectivity index (χ2n) is 9.19. The topological polar surface area (TPSA) is 122 Å². The molecule has 2 fully saturated rings. The maximum absolute atomic E-state index is 14.0. The van der Waals surface area contributed by atoms with Gasteiger partial charge in [-0.25, -0.2) is 4.90 Å². The second-order valence-corrected chi connectivity index (χ2v) is 9.63. The highest BCUT2D eigenvalue weighted by molar-refractivity contribution is 6.30. The Bertz CT molecular complexity index is 1560. The van der Waals surface area contributed by atoms with Gasteiger partial charge < -0.3 is 4.74 Å². The molecule has 2 saturated heterocycles. The fourth-order valence-corrected chi connectivity index (χ4v) is 5.78. The standard InChI is InChI=1S/C27H19ClN4O6/c1-38-20-11-10-17(32(36)37)12-19(20)30-26(34)21-22(27(30)35)24(25(33)14-6-8-16(28)9-7-14)31-23(21)18-5-3-2-4-15(18)13-29-31/h2-13,21-24H,1H3/t21-,22+,23?,24-/m0/s1. The van der Waals surface area contributed by atoms with Crippen LogP contribution in [-0.4, -0.2) is 46.9 Å². The van der Waals surface area contributed by atoms with Crippen LogP contribution in [0.3, 0.4) is 0 Å². The van der Waals surface area contributed by atoms with E-state index in [1.807, 2.05) is 24.3 Å². The number of nitro groups is 1. The van der Waals surface area contributed by atoms with Gasteiger partial charge in [0.2, 0.25) is 11.8 Å². The van der Waals surface area contributed by atoms with E-state index in [1.54, 1.807) is 35.5 Å². The number of imide groups is 1. The second kappa shape index (κ2) is 8.77. The third kappa shape index (κ3) is 3.41. The van der Waals surface area contributed by atoms with Gasteiger partial charge in [0, 0.05) is 22.7 Å². The number of rotatable bonds is 5. The summed E-state index contributed by atoms with van der Waals surface area (Å²) < 4.78 is 5.35. The molecule has 0 saturated carbocycles. The number of hydrogen-bond acceptors (Lipinski definition) is 8. The molecule has 3 aromatic carbocycles. The Labute approximate surface area is 221 Å². The Hall–Kier alpha value is -4.57. The molecule has 0 aromatic heterocycles. The number of fused-ring (bicyclic) bond motifs is 5. The van der Waals surface area contributed by atoms with Crippen LogP contribution in [0.2, 0.25) is 5.02 Å². The molecule has 3 aliphatic heterocycles. The lowest BCUT2D eigenvalue weighted by Gasteiger charge is -2.33. The van der Waals surface area contributed by atoms with Gasteiger partial charge in [0.1, 0.15) is 17.5 Å². The van der Waals surface area contributed by atoms with Crippen molar-refractivity contribution in [1.29, 1.82) is 0 Å². The first kappa shape index (κ1) is 23.8. The molecule has 10 nitrogen and oxygen atoms in total. The minimum Gasteiger partial charge on any atom is -0.495 e. The monoisotopic (exact) mass is 530 g/mol. The summed E-state index contributed by atoms with van der Waals surface area (Å²) in [4.78, 5) is 53.7. The van der Waals surface area contributed by atoms with E-state index in [2.05, 4.69) is 5.10 Å². The number of ether oxygens (including phenoxy) is 1. The number of carbonyl (C=O) groups excluding carboxylic acids is 3. The third-order valence-electron chi connectivity index (χ3n) is 7.30. The van der Waals surface area contributed by atoms with Crippen LogP contribution >= 0.6 is 11.6 Å². The molecule has 4 atom stereocenters. The largest absolute Gasteiger partial charge is 0.495 e. The van der Waals surface area contributed by atoms with Crippen LogP contribution in [0.1, 0.15) is 27.5 Å².